The van der Waals surface area contributed by atoms with E-state index in [1.807, 2.05) is 18.2 Å². The Morgan fingerprint density at radius 2 is 2.19 bits per heavy atom. The predicted molar refractivity (Wildman–Crippen MR) is 67.1 cm³/mol. The molecule has 0 fully saturated rings. The summed E-state index contributed by atoms with van der Waals surface area (Å²) in [4.78, 5) is 16.0. The molecule has 84 valence electrons. The summed E-state index contributed by atoms with van der Waals surface area (Å²) >= 11 is 1.66. The zero-order valence-corrected chi connectivity index (χ0v) is 10.4. The van der Waals surface area contributed by atoms with Crippen LogP contribution in [0.2, 0.25) is 0 Å². The highest BCUT2D eigenvalue weighted by molar-refractivity contribution is 7.18. The molecule has 0 saturated carbocycles. The number of fused-ring (bicyclic) bond motifs is 1. The molecular formula is C12H14N2OS. The van der Waals surface area contributed by atoms with Crippen molar-refractivity contribution in [2.24, 2.45) is 0 Å². The average molecular weight is 234 g/mol. The summed E-state index contributed by atoms with van der Waals surface area (Å²) < 4.78 is 1.07. The van der Waals surface area contributed by atoms with Crippen molar-refractivity contribution in [3.63, 3.8) is 0 Å². The van der Waals surface area contributed by atoms with Crippen molar-refractivity contribution < 1.29 is 4.79 Å². The molecule has 2 rings (SSSR count). The third kappa shape index (κ3) is 1.93. The molecule has 2 aromatic rings. The number of benzene rings is 1. The van der Waals surface area contributed by atoms with Crippen LogP contribution in [0.15, 0.2) is 18.2 Å². The highest BCUT2D eigenvalue weighted by Crippen LogP contribution is 2.27. The van der Waals surface area contributed by atoms with Crippen molar-refractivity contribution in [2.75, 3.05) is 7.05 Å². The molecule has 0 atom stereocenters. The Balaban J connectivity index is 2.49. The third-order valence-corrected chi connectivity index (χ3v) is 3.71. The van der Waals surface area contributed by atoms with Crippen LogP contribution < -0.4 is 5.32 Å². The number of amides is 1. The Labute approximate surface area is 98.5 Å². The van der Waals surface area contributed by atoms with Gasteiger partial charge in [-0.2, -0.15) is 0 Å². The number of aromatic nitrogens is 1. The first kappa shape index (κ1) is 11.1. The number of rotatable bonds is 2. The van der Waals surface area contributed by atoms with E-state index in [0.29, 0.717) is 11.5 Å². The Hall–Kier alpha value is -1.42. The molecular weight excluding hydrogens is 220 g/mol. The van der Waals surface area contributed by atoms with Crippen LogP contribution in [0.4, 0.5) is 0 Å². The molecule has 0 aliphatic carbocycles. The van der Waals surface area contributed by atoms with Gasteiger partial charge in [0.2, 0.25) is 0 Å². The molecule has 0 aliphatic heterocycles. The lowest BCUT2D eigenvalue weighted by Crippen LogP contribution is -2.17. The molecule has 0 aliphatic rings. The van der Waals surface area contributed by atoms with E-state index in [2.05, 4.69) is 24.1 Å². The summed E-state index contributed by atoms with van der Waals surface area (Å²) in [5.74, 6) is 0.377. The Morgan fingerprint density at radius 1 is 1.44 bits per heavy atom. The molecule has 16 heavy (non-hydrogen) atoms. The smallest absolute Gasteiger partial charge is 0.251 e. The Morgan fingerprint density at radius 3 is 2.81 bits per heavy atom. The van der Waals surface area contributed by atoms with E-state index in [0.717, 1.165) is 15.2 Å². The number of carbonyl (C=O) groups is 1. The average Bonchev–Trinajstić information content (AvgIpc) is 2.70. The van der Waals surface area contributed by atoms with Crippen LogP contribution in [0.5, 0.6) is 0 Å². The summed E-state index contributed by atoms with van der Waals surface area (Å²) in [6.07, 6.45) is 0. The van der Waals surface area contributed by atoms with Gasteiger partial charge in [0.15, 0.2) is 0 Å². The second-order valence-corrected chi connectivity index (χ2v) is 5.03. The summed E-state index contributed by atoms with van der Waals surface area (Å²) in [6.45, 7) is 4.24. The van der Waals surface area contributed by atoms with Gasteiger partial charge in [0.1, 0.15) is 0 Å². The Kier molecular flexibility index (Phi) is 2.92. The molecule has 0 spiro atoms. The zero-order chi connectivity index (χ0) is 11.7. The second kappa shape index (κ2) is 4.22. The SMILES string of the molecule is CNC(=O)c1ccc2nc(C(C)C)sc2c1. The van der Waals surface area contributed by atoms with Crippen LogP contribution in [-0.2, 0) is 0 Å². The van der Waals surface area contributed by atoms with Gasteiger partial charge in [-0.25, -0.2) is 4.98 Å². The minimum Gasteiger partial charge on any atom is -0.355 e. The van der Waals surface area contributed by atoms with Crippen molar-refractivity contribution in [2.45, 2.75) is 19.8 Å². The molecule has 1 amide bonds. The second-order valence-electron chi connectivity index (χ2n) is 3.97. The van der Waals surface area contributed by atoms with Crippen LogP contribution in [0.25, 0.3) is 10.2 Å². The van der Waals surface area contributed by atoms with Crippen LogP contribution in [0, 0.1) is 0 Å². The lowest BCUT2D eigenvalue weighted by Gasteiger charge is -1.97. The van der Waals surface area contributed by atoms with E-state index in [1.54, 1.807) is 18.4 Å². The van der Waals surface area contributed by atoms with Gasteiger partial charge in [-0.15, -0.1) is 11.3 Å². The van der Waals surface area contributed by atoms with E-state index in [-0.39, 0.29) is 5.91 Å². The largest absolute Gasteiger partial charge is 0.355 e. The number of hydrogen-bond acceptors (Lipinski definition) is 3. The minimum absolute atomic E-state index is 0.0543. The molecule has 0 bridgehead atoms. The van der Waals surface area contributed by atoms with Crippen molar-refractivity contribution in [1.29, 1.82) is 0 Å². The number of thiazole rings is 1. The third-order valence-electron chi connectivity index (χ3n) is 2.39. The van der Waals surface area contributed by atoms with Crippen molar-refractivity contribution in [3.8, 4) is 0 Å². The lowest BCUT2D eigenvalue weighted by molar-refractivity contribution is 0.0963. The summed E-state index contributed by atoms with van der Waals surface area (Å²) in [5.41, 5.74) is 1.66. The molecule has 0 unspecified atom stereocenters. The van der Waals surface area contributed by atoms with Crippen molar-refractivity contribution >= 4 is 27.5 Å². The van der Waals surface area contributed by atoms with Crippen LogP contribution in [0.1, 0.15) is 35.1 Å². The topological polar surface area (TPSA) is 42.0 Å². The monoisotopic (exact) mass is 234 g/mol. The van der Waals surface area contributed by atoms with E-state index in [9.17, 15) is 4.79 Å². The maximum Gasteiger partial charge on any atom is 0.251 e. The molecule has 1 N–H and O–H groups in total. The standard InChI is InChI=1S/C12H14N2OS/c1-7(2)12-14-9-5-4-8(11(15)13-3)6-10(9)16-12/h4-7H,1-3H3,(H,13,15). The molecule has 0 saturated heterocycles. The van der Waals surface area contributed by atoms with Gasteiger partial charge in [0.25, 0.3) is 5.91 Å². The summed E-state index contributed by atoms with van der Waals surface area (Å²) in [6, 6.07) is 5.62. The number of hydrogen-bond donors (Lipinski definition) is 1. The van der Waals surface area contributed by atoms with Crippen LogP contribution >= 0.6 is 11.3 Å². The van der Waals surface area contributed by atoms with Gasteiger partial charge >= 0.3 is 0 Å². The van der Waals surface area contributed by atoms with E-state index >= 15 is 0 Å². The molecule has 4 heteroatoms. The highest BCUT2D eigenvalue weighted by atomic mass is 32.1. The van der Waals surface area contributed by atoms with E-state index < -0.39 is 0 Å². The van der Waals surface area contributed by atoms with Crippen molar-refractivity contribution in [1.82, 2.24) is 10.3 Å². The van der Waals surface area contributed by atoms with Gasteiger partial charge in [0, 0.05) is 18.5 Å². The maximum atomic E-state index is 11.5. The fraction of sp³-hybridized carbons (Fsp3) is 0.333. The lowest BCUT2D eigenvalue weighted by atomic mass is 10.2. The molecule has 0 radical (unpaired) electrons. The van der Waals surface area contributed by atoms with Crippen LogP contribution in [0.3, 0.4) is 0 Å². The van der Waals surface area contributed by atoms with Gasteiger partial charge in [-0.1, -0.05) is 13.8 Å². The number of nitrogens with zero attached hydrogens (tertiary/aromatic N) is 1. The molecule has 1 aromatic heterocycles. The molecule has 1 heterocycles. The first-order chi connectivity index (χ1) is 7.61. The van der Waals surface area contributed by atoms with Gasteiger partial charge < -0.3 is 5.32 Å². The molecule has 1 aromatic carbocycles. The van der Waals surface area contributed by atoms with Gasteiger partial charge in [0.05, 0.1) is 15.2 Å². The summed E-state index contributed by atoms with van der Waals surface area (Å²) in [7, 11) is 1.64. The van der Waals surface area contributed by atoms with E-state index in [1.165, 1.54) is 0 Å². The Bertz CT molecular complexity index is 531. The fourth-order valence-corrected chi connectivity index (χ4v) is 2.48. The van der Waals surface area contributed by atoms with Gasteiger partial charge in [-0.3, -0.25) is 4.79 Å². The summed E-state index contributed by atoms with van der Waals surface area (Å²) in [5, 5.41) is 3.74. The quantitative estimate of drug-likeness (QED) is 0.868. The minimum atomic E-state index is -0.0543. The van der Waals surface area contributed by atoms with Crippen LogP contribution in [-0.4, -0.2) is 17.9 Å². The normalized spacial score (nSPS) is 11.0. The van der Waals surface area contributed by atoms with Crippen molar-refractivity contribution in [3.05, 3.63) is 28.8 Å². The zero-order valence-electron chi connectivity index (χ0n) is 9.57. The highest BCUT2D eigenvalue weighted by Gasteiger charge is 2.09. The number of nitrogens with one attached hydrogen (secondary N) is 1. The maximum absolute atomic E-state index is 11.5. The first-order valence-corrected chi connectivity index (χ1v) is 6.06. The first-order valence-electron chi connectivity index (χ1n) is 5.24. The van der Waals surface area contributed by atoms with Gasteiger partial charge in [-0.05, 0) is 18.2 Å². The van der Waals surface area contributed by atoms with E-state index in [4.69, 9.17) is 0 Å². The predicted octanol–water partition coefficient (Wildman–Crippen LogP) is 2.78. The number of carbonyl (C=O) groups excluding carboxylic acids is 1. The fourth-order valence-electron chi connectivity index (χ4n) is 1.47. The molecule has 3 nitrogen and oxygen atoms in total.